The molecule has 2 rings (SSSR count). The van der Waals surface area contributed by atoms with Gasteiger partial charge in [-0.05, 0) is 6.07 Å². The summed E-state index contributed by atoms with van der Waals surface area (Å²) < 4.78 is 9.59. The zero-order chi connectivity index (χ0) is 8.39. The van der Waals surface area contributed by atoms with E-state index >= 15 is 0 Å². The van der Waals surface area contributed by atoms with Crippen molar-refractivity contribution in [2.24, 2.45) is 0 Å². The molecule has 0 aromatic heterocycles. The summed E-state index contributed by atoms with van der Waals surface area (Å²) in [5, 5.41) is 0. The van der Waals surface area contributed by atoms with E-state index in [9.17, 15) is 0 Å². The van der Waals surface area contributed by atoms with Crippen molar-refractivity contribution in [2.45, 2.75) is 6.92 Å². The number of hydrogen-bond acceptors (Lipinski definition) is 3. The first-order valence-corrected chi connectivity index (χ1v) is 5.82. The standard InChI is InChI=1S/C8H8NOS2/c1-2-10-6-3-4-7-8(5-6)11-12-9-7/h3-5H,2H2,1H3/q+1. The molecule has 62 valence electrons. The van der Waals surface area contributed by atoms with Crippen molar-refractivity contribution in [3.05, 3.63) is 28.1 Å². The van der Waals surface area contributed by atoms with Gasteiger partial charge in [-0.2, -0.15) is 4.37 Å². The fourth-order valence-electron chi connectivity index (χ4n) is 0.992. The maximum absolute atomic E-state index is 5.37. The molecule has 0 atom stereocenters. The highest BCUT2D eigenvalue weighted by molar-refractivity contribution is 7.68. The first kappa shape index (κ1) is 7.89. The summed E-state index contributed by atoms with van der Waals surface area (Å²) in [5.41, 5.74) is 2.00. The summed E-state index contributed by atoms with van der Waals surface area (Å²) in [7, 11) is 3.19. The van der Waals surface area contributed by atoms with E-state index in [0.717, 1.165) is 11.1 Å². The van der Waals surface area contributed by atoms with Crippen LogP contribution in [0.25, 0.3) is 10.6 Å². The molecule has 0 amide bonds. The van der Waals surface area contributed by atoms with Gasteiger partial charge in [-0.3, -0.25) is 4.42 Å². The van der Waals surface area contributed by atoms with Crippen molar-refractivity contribution >= 4 is 20.9 Å². The molecule has 1 heterocycles. The average Bonchev–Trinajstić information content (AvgIpc) is 2.51. The SMILES string of the molecule is CC[O+]=c1ccc2nssc-2c1. The quantitative estimate of drug-likeness (QED) is 0.509. The summed E-state index contributed by atoms with van der Waals surface area (Å²) in [6.45, 7) is 2.70. The molecule has 0 N–H and O–H groups in total. The summed E-state index contributed by atoms with van der Waals surface area (Å²) >= 11 is 0. The maximum atomic E-state index is 5.37. The molecule has 4 heteroatoms. The highest BCUT2D eigenvalue weighted by Gasteiger charge is 2.07. The zero-order valence-electron chi connectivity index (χ0n) is 6.61. The lowest BCUT2D eigenvalue weighted by Gasteiger charge is -1.86. The molecule has 0 radical (unpaired) electrons. The van der Waals surface area contributed by atoms with Gasteiger partial charge >= 0.3 is 5.43 Å². The fraction of sp³-hybridized carbons (Fsp3) is 0.250. The van der Waals surface area contributed by atoms with Crippen molar-refractivity contribution in [3.8, 4) is 10.6 Å². The van der Waals surface area contributed by atoms with Gasteiger partial charge < -0.3 is 0 Å². The number of rotatable bonds is 1. The highest BCUT2D eigenvalue weighted by Crippen LogP contribution is 2.25. The smallest absolute Gasteiger partial charge is 0.255 e. The lowest BCUT2D eigenvalue weighted by molar-refractivity contribution is 1.25. The first-order valence-electron chi connectivity index (χ1n) is 3.71. The van der Waals surface area contributed by atoms with E-state index in [-0.39, 0.29) is 0 Å². The van der Waals surface area contributed by atoms with Crippen LogP contribution in [0.2, 0.25) is 0 Å². The lowest BCUT2D eigenvalue weighted by Crippen LogP contribution is -2.00. The van der Waals surface area contributed by atoms with Crippen molar-refractivity contribution in [3.63, 3.8) is 0 Å². The number of fused-ring (bicyclic) bond motifs is 1. The Kier molecular flexibility index (Phi) is 2.19. The average molecular weight is 198 g/mol. The molecule has 0 saturated heterocycles. The molecule has 0 fully saturated rings. The third kappa shape index (κ3) is 1.40. The van der Waals surface area contributed by atoms with Crippen LogP contribution >= 0.6 is 20.9 Å². The highest BCUT2D eigenvalue weighted by atomic mass is 32.9. The van der Waals surface area contributed by atoms with E-state index in [2.05, 4.69) is 4.37 Å². The van der Waals surface area contributed by atoms with Gasteiger partial charge in [-0.1, -0.05) is 10.3 Å². The molecule has 12 heavy (non-hydrogen) atoms. The van der Waals surface area contributed by atoms with Crippen LogP contribution in [0.1, 0.15) is 6.92 Å². The van der Waals surface area contributed by atoms with Gasteiger partial charge in [0.15, 0.2) is 0 Å². The summed E-state index contributed by atoms with van der Waals surface area (Å²) in [4.78, 5) is 1.20. The van der Waals surface area contributed by atoms with Crippen LogP contribution in [0.3, 0.4) is 0 Å². The van der Waals surface area contributed by atoms with Crippen LogP contribution in [-0.2, 0) is 0 Å². The minimum Gasteiger partial charge on any atom is -0.255 e. The molecule has 1 aliphatic carbocycles. The Morgan fingerprint density at radius 3 is 3.25 bits per heavy atom. The van der Waals surface area contributed by atoms with Gasteiger partial charge in [-0.15, -0.1) is 0 Å². The topological polar surface area (TPSA) is 24.2 Å². The second-order valence-electron chi connectivity index (χ2n) is 2.31. The predicted molar refractivity (Wildman–Crippen MR) is 53.4 cm³/mol. The molecule has 0 bridgehead atoms. The van der Waals surface area contributed by atoms with Gasteiger partial charge in [0.1, 0.15) is 0 Å². The molecule has 1 aliphatic heterocycles. The number of benzene rings is 1. The van der Waals surface area contributed by atoms with Crippen LogP contribution in [0.4, 0.5) is 0 Å². The van der Waals surface area contributed by atoms with Gasteiger partial charge in [-0.25, -0.2) is 0 Å². The summed E-state index contributed by atoms with van der Waals surface area (Å²) in [6.07, 6.45) is 0. The normalized spacial score (nSPS) is 12.6. The van der Waals surface area contributed by atoms with Crippen molar-refractivity contribution < 1.29 is 0 Å². The predicted octanol–water partition coefficient (Wildman–Crippen LogP) is 2.23. The third-order valence-electron chi connectivity index (χ3n) is 1.50. The van der Waals surface area contributed by atoms with Gasteiger partial charge in [0.2, 0.25) is 0 Å². The third-order valence-corrected chi connectivity index (χ3v) is 3.34. The fourth-order valence-corrected chi connectivity index (χ4v) is 2.76. The monoisotopic (exact) mass is 198 g/mol. The van der Waals surface area contributed by atoms with Crippen LogP contribution in [0, 0.1) is 0 Å². The van der Waals surface area contributed by atoms with E-state index in [1.807, 2.05) is 25.1 Å². The maximum Gasteiger partial charge on any atom is 0.345 e. The summed E-state index contributed by atoms with van der Waals surface area (Å²) in [6, 6.07) is 5.98. The zero-order valence-corrected chi connectivity index (χ0v) is 8.24. The van der Waals surface area contributed by atoms with Crippen LogP contribution < -0.4 is 5.43 Å². The molecule has 0 saturated carbocycles. The summed E-state index contributed by atoms with van der Waals surface area (Å²) in [5.74, 6) is 0. The largest absolute Gasteiger partial charge is 0.345 e. The molecule has 2 aliphatic rings. The Morgan fingerprint density at radius 2 is 2.42 bits per heavy atom. The van der Waals surface area contributed by atoms with Crippen LogP contribution in [0.5, 0.6) is 0 Å². The lowest BCUT2D eigenvalue weighted by atomic mass is 10.2. The molecular formula is C8H8NOS2+. The minimum absolute atomic E-state index is 0.716. The van der Waals surface area contributed by atoms with Crippen LogP contribution in [-0.4, -0.2) is 11.0 Å². The number of aromatic nitrogens is 1. The van der Waals surface area contributed by atoms with Gasteiger partial charge in [0, 0.05) is 23.5 Å². The second-order valence-corrected chi connectivity index (χ2v) is 4.20. The Bertz CT molecular complexity index is 404. The Labute approximate surface area is 77.7 Å². The van der Waals surface area contributed by atoms with Crippen LogP contribution in [0.15, 0.2) is 22.6 Å². The first-order chi connectivity index (χ1) is 5.90. The Morgan fingerprint density at radius 1 is 1.50 bits per heavy atom. The molecule has 2 nitrogen and oxygen atoms in total. The molecule has 0 spiro atoms. The number of nitrogens with zero attached hydrogens (tertiary/aromatic N) is 1. The Hall–Kier alpha value is -0.740. The van der Waals surface area contributed by atoms with Crippen molar-refractivity contribution in [1.82, 2.24) is 4.37 Å². The minimum atomic E-state index is 0.716. The van der Waals surface area contributed by atoms with Crippen molar-refractivity contribution in [1.29, 1.82) is 0 Å². The van der Waals surface area contributed by atoms with E-state index in [1.54, 1.807) is 10.3 Å². The van der Waals surface area contributed by atoms with Crippen molar-refractivity contribution in [2.75, 3.05) is 6.61 Å². The van der Waals surface area contributed by atoms with E-state index in [1.165, 1.54) is 15.4 Å². The van der Waals surface area contributed by atoms with E-state index in [4.69, 9.17) is 4.42 Å². The van der Waals surface area contributed by atoms with Gasteiger partial charge in [0.05, 0.1) is 16.6 Å². The second kappa shape index (κ2) is 3.33. The number of hydrogen-bond donors (Lipinski definition) is 0. The van der Waals surface area contributed by atoms with E-state index < -0.39 is 0 Å². The molecular weight excluding hydrogens is 190 g/mol. The molecule has 0 unspecified atom stereocenters. The molecule has 0 aromatic carbocycles. The molecule has 0 aromatic rings. The van der Waals surface area contributed by atoms with E-state index in [0.29, 0.717) is 6.61 Å². The Balaban J connectivity index is 2.62. The van der Waals surface area contributed by atoms with Gasteiger partial charge in [0.25, 0.3) is 6.61 Å².